The highest BCUT2D eigenvalue weighted by molar-refractivity contribution is 5.93. The molecule has 0 amide bonds. The predicted octanol–water partition coefficient (Wildman–Crippen LogP) is 1.45. The Bertz CT molecular complexity index is 677. The summed E-state index contributed by atoms with van der Waals surface area (Å²) in [4.78, 5) is 24.9. The third-order valence-corrected chi connectivity index (χ3v) is 2.55. The summed E-state index contributed by atoms with van der Waals surface area (Å²) in [6.07, 6.45) is 1.40. The maximum atomic E-state index is 11.8. The smallest absolute Gasteiger partial charge is 0.316 e. The van der Waals surface area contributed by atoms with Crippen LogP contribution in [0.25, 0.3) is 10.9 Å². The minimum Gasteiger partial charge on any atom is -0.496 e. The molecule has 0 spiro atoms. The number of methoxy groups -OCH3 is 2. The summed E-state index contributed by atoms with van der Waals surface area (Å²) in [5.41, 5.74) is -0.312. The summed E-state index contributed by atoms with van der Waals surface area (Å²) in [7, 11) is 2.65. The van der Waals surface area contributed by atoms with Crippen molar-refractivity contribution in [1.82, 2.24) is 4.98 Å². The third kappa shape index (κ3) is 1.65. The van der Waals surface area contributed by atoms with Gasteiger partial charge in [0.15, 0.2) is 5.43 Å². The van der Waals surface area contributed by atoms with Crippen molar-refractivity contribution >= 4 is 16.6 Å². The van der Waals surface area contributed by atoms with Crippen LogP contribution in [0.1, 0.15) is 0 Å². The van der Waals surface area contributed by atoms with Crippen molar-refractivity contribution < 1.29 is 14.4 Å². The Hall–Kier alpha value is -2.57. The summed E-state index contributed by atoms with van der Waals surface area (Å²) in [5.74, 6) is 0.146. The van der Waals surface area contributed by atoms with Crippen molar-refractivity contribution in [2.24, 2.45) is 0 Å². The minimum atomic E-state index is -0.591. The Morgan fingerprint density at radius 2 is 2.06 bits per heavy atom. The summed E-state index contributed by atoms with van der Waals surface area (Å²) in [6, 6.07) is 2.49. The fourth-order valence-electron chi connectivity index (χ4n) is 1.80. The first-order chi connectivity index (χ1) is 8.60. The SMILES string of the molecule is COc1c([N+](=O)[O-])cc(OC)c2c(=O)cc[nH]c12. The lowest BCUT2D eigenvalue weighted by molar-refractivity contribution is -0.385. The summed E-state index contributed by atoms with van der Waals surface area (Å²) >= 11 is 0. The van der Waals surface area contributed by atoms with Gasteiger partial charge in [-0.2, -0.15) is 0 Å². The highest BCUT2D eigenvalue weighted by Gasteiger charge is 2.23. The van der Waals surface area contributed by atoms with Crippen LogP contribution in [0.15, 0.2) is 23.1 Å². The molecule has 0 atom stereocenters. The fraction of sp³-hybridized carbons (Fsp3) is 0.182. The lowest BCUT2D eigenvalue weighted by Crippen LogP contribution is -2.05. The minimum absolute atomic E-state index is 0.00787. The molecule has 0 aliphatic rings. The van der Waals surface area contributed by atoms with Crippen LogP contribution in [-0.2, 0) is 0 Å². The van der Waals surface area contributed by atoms with E-state index in [0.29, 0.717) is 0 Å². The average molecular weight is 250 g/mol. The van der Waals surface area contributed by atoms with Crippen molar-refractivity contribution in [1.29, 1.82) is 0 Å². The van der Waals surface area contributed by atoms with Gasteiger partial charge in [0.05, 0.1) is 30.6 Å². The van der Waals surface area contributed by atoms with Crippen LogP contribution in [-0.4, -0.2) is 24.1 Å². The van der Waals surface area contributed by atoms with Crippen molar-refractivity contribution in [2.75, 3.05) is 14.2 Å². The monoisotopic (exact) mass is 250 g/mol. The average Bonchev–Trinajstić information content (AvgIpc) is 2.36. The molecule has 2 aromatic rings. The van der Waals surface area contributed by atoms with E-state index in [9.17, 15) is 14.9 Å². The number of ether oxygens (including phenoxy) is 2. The second-order valence-corrected chi connectivity index (χ2v) is 3.48. The molecule has 94 valence electrons. The molecule has 7 nitrogen and oxygen atoms in total. The van der Waals surface area contributed by atoms with Gasteiger partial charge in [-0.1, -0.05) is 0 Å². The number of nitrogens with one attached hydrogen (secondary N) is 1. The number of benzene rings is 1. The van der Waals surface area contributed by atoms with Crippen molar-refractivity contribution in [3.05, 3.63) is 38.7 Å². The highest BCUT2D eigenvalue weighted by Crippen LogP contribution is 2.38. The number of pyridine rings is 1. The molecule has 0 bridgehead atoms. The molecular weight excluding hydrogens is 240 g/mol. The summed E-state index contributed by atoms with van der Waals surface area (Å²) in [5, 5.41) is 11.2. The van der Waals surface area contributed by atoms with Gasteiger partial charge in [-0.05, 0) is 0 Å². The predicted molar refractivity (Wildman–Crippen MR) is 64.3 cm³/mol. The Labute approximate surface area is 101 Å². The first-order valence-corrected chi connectivity index (χ1v) is 5.01. The van der Waals surface area contributed by atoms with E-state index < -0.39 is 4.92 Å². The van der Waals surface area contributed by atoms with E-state index in [0.717, 1.165) is 0 Å². The first-order valence-electron chi connectivity index (χ1n) is 5.01. The molecule has 0 saturated heterocycles. The van der Waals surface area contributed by atoms with Crippen LogP contribution < -0.4 is 14.9 Å². The molecule has 0 aliphatic carbocycles. The Kier molecular flexibility index (Phi) is 2.88. The van der Waals surface area contributed by atoms with Crippen molar-refractivity contribution in [3.63, 3.8) is 0 Å². The number of hydrogen-bond donors (Lipinski definition) is 1. The molecule has 7 heteroatoms. The van der Waals surface area contributed by atoms with Crippen LogP contribution in [0.2, 0.25) is 0 Å². The Balaban J connectivity index is 3.01. The van der Waals surface area contributed by atoms with E-state index in [1.807, 2.05) is 0 Å². The van der Waals surface area contributed by atoms with E-state index in [4.69, 9.17) is 9.47 Å². The van der Waals surface area contributed by atoms with Gasteiger partial charge in [-0.25, -0.2) is 0 Å². The third-order valence-electron chi connectivity index (χ3n) is 2.55. The molecule has 2 rings (SSSR count). The van der Waals surface area contributed by atoms with Gasteiger partial charge in [0, 0.05) is 12.3 Å². The number of nitro groups is 1. The molecule has 0 aliphatic heterocycles. The van der Waals surface area contributed by atoms with Gasteiger partial charge in [0.1, 0.15) is 11.3 Å². The van der Waals surface area contributed by atoms with Gasteiger partial charge in [0.25, 0.3) is 0 Å². The fourth-order valence-corrected chi connectivity index (χ4v) is 1.80. The number of rotatable bonds is 3. The van der Waals surface area contributed by atoms with E-state index in [1.165, 1.54) is 32.5 Å². The van der Waals surface area contributed by atoms with Gasteiger partial charge >= 0.3 is 5.69 Å². The Morgan fingerprint density at radius 3 is 2.61 bits per heavy atom. The zero-order valence-electron chi connectivity index (χ0n) is 9.72. The molecule has 0 fully saturated rings. The summed E-state index contributed by atoms with van der Waals surface area (Å²) in [6.45, 7) is 0. The number of aromatic nitrogens is 1. The molecule has 0 radical (unpaired) electrons. The van der Waals surface area contributed by atoms with Crippen LogP contribution in [0.4, 0.5) is 5.69 Å². The molecule has 0 unspecified atom stereocenters. The van der Waals surface area contributed by atoms with Crippen molar-refractivity contribution in [3.8, 4) is 11.5 Å². The second kappa shape index (κ2) is 4.36. The maximum Gasteiger partial charge on any atom is 0.316 e. The zero-order chi connectivity index (χ0) is 13.3. The number of fused-ring (bicyclic) bond motifs is 1. The Morgan fingerprint density at radius 1 is 1.33 bits per heavy atom. The van der Waals surface area contributed by atoms with Crippen LogP contribution in [0.5, 0.6) is 11.5 Å². The quantitative estimate of drug-likeness (QED) is 0.657. The first kappa shape index (κ1) is 11.9. The van der Waals surface area contributed by atoms with Crippen LogP contribution in [0, 0.1) is 10.1 Å². The molecule has 1 aromatic heterocycles. The van der Waals surface area contributed by atoms with Crippen molar-refractivity contribution in [2.45, 2.75) is 0 Å². The number of aromatic amines is 1. The van der Waals surface area contributed by atoms with Crippen LogP contribution >= 0.6 is 0 Å². The number of hydrogen-bond acceptors (Lipinski definition) is 5. The van der Waals surface area contributed by atoms with E-state index in [-0.39, 0.29) is 33.5 Å². The van der Waals surface area contributed by atoms with Gasteiger partial charge in [-0.3, -0.25) is 14.9 Å². The lowest BCUT2D eigenvalue weighted by atomic mass is 10.1. The maximum absolute atomic E-state index is 11.8. The number of nitrogens with zero attached hydrogens (tertiary/aromatic N) is 1. The standard InChI is InChI=1S/C11H10N2O5/c1-17-8-5-6(13(15)16)11(18-2)10-9(8)7(14)3-4-12-10/h3-5H,1-2H3,(H,12,14). The number of H-pyrrole nitrogens is 1. The van der Waals surface area contributed by atoms with Crippen LogP contribution in [0.3, 0.4) is 0 Å². The normalized spacial score (nSPS) is 10.3. The van der Waals surface area contributed by atoms with E-state index >= 15 is 0 Å². The second-order valence-electron chi connectivity index (χ2n) is 3.48. The van der Waals surface area contributed by atoms with Gasteiger partial charge in [-0.15, -0.1) is 0 Å². The topological polar surface area (TPSA) is 94.5 Å². The van der Waals surface area contributed by atoms with E-state index in [2.05, 4.69) is 4.98 Å². The molecule has 18 heavy (non-hydrogen) atoms. The van der Waals surface area contributed by atoms with Gasteiger partial charge < -0.3 is 14.5 Å². The molecule has 0 saturated carbocycles. The zero-order valence-corrected chi connectivity index (χ0v) is 9.72. The number of nitro benzene ring substituents is 1. The largest absolute Gasteiger partial charge is 0.496 e. The molecule has 1 heterocycles. The molecular formula is C11H10N2O5. The highest BCUT2D eigenvalue weighted by atomic mass is 16.6. The van der Waals surface area contributed by atoms with Gasteiger partial charge in [0.2, 0.25) is 5.75 Å². The lowest BCUT2D eigenvalue weighted by Gasteiger charge is -2.09. The summed E-state index contributed by atoms with van der Waals surface area (Å²) < 4.78 is 10.0. The molecule has 1 aromatic carbocycles. The van der Waals surface area contributed by atoms with E-state index in [1.54, 1.807) is 0 Å². The molecule has 1 N–H and O–H groups in total.